The van der Waals surface area contributed by atoms with Crippen LogP contribution < -0.4 is 16.0 Å². The van der Waals surface area contributed by atoms with E-state index in [1.807, 2.05) is 0 Å². The molecule has 160 valence electrons. The number of pyridine rings is 1. The number of nitrogens with zero attached hydrogens (tertiary/aromatic N) is 3. The van der Waals surface area contributed by atoms with Crippen molar-refractivity contribution in [1.29, 1.82) is 0 Å². The van der Waals surface area contributed by atoms with Gasteiger partial charge in [0, 0.05) is 20.1 Å². The van der Waals surface area contributed by atoms with Crippen LogP contribution in [-0.2, 0) is 6.18 Å². The monoisotopic (exact) mass is 419 g/mol. The molecule has 0 aliphatic carbocycles. The molecule has 0 radical (unpaired) electrons. The molecule has 0 spiro atoms. The van der Waals surface area contributed by atoms with Crippen LogP contribution in [0.3, 0.4) is 0 Å². The van der Waals surface area contributed by atoms with Crippen molar-refractivity contribution in [2.24, 2.45) is 10.7 Å². The predicted octanol–water partition coefficient (Wildman–Crippen LogP) is 4.07. The van der Waals surface area contributed by atoms with E-state index in [2.05, 4.69) is 20.2 Å². The second kappa shape index (κ2) is 9.15. The van der Waals surface area contributed by atoms with Gasteiger partial charge in [0.1, 0.15) is 17.5 Å². The van der Waals surface area contributed by atoms with Gasteiger partial charge < -0.3 is 16.0 Å². The van der Waals surface area contributed by atoms with Crippen LogP contribution >= 0.6 is 0 Å². The summed E-state index contributed by atoms with van der Waals surface area (Å²) in [5.41, 5.74) is 4.74. The molecule has 9 heteroatoms. The zero-order valence-corrected chi connectivity index (χ0v) is 16.7. The lowest BCUT2D eigenvalue weighted by Crippen LogP contribution is -2.26. The molecule has 2 heterocycles. The van der Waals surface area contributed by atoms with Gasteiger partial charge in [-0.2, -0.15) is 18.2 Å². The average Bonchev–Trinajstić information content (AvgIpc) is 3.02. The number of rotatable bonds is 4. The highest BCUT2D eigenvalue weighted by Crippen LogP contribution is 2.32. The summed E-state index contributed by atoms with van der Waals surface area (Å²) in [4.78, 5) is 22.9. The summed E-state index contributed by atoms with van der Waals surface area (Å²) >= 11 is 0. The van der Waals surface area contributed by atoms with E-state index in [0.29, 0.717) is 11.4 Å². The molecule has 1 aliphatic heterocycles. The van der Waals surface area contributed by atoms with Crippen molar-refractivity contribution in [2.45, 2.75) is 31.9 Å². The van der Waals surface area contributed by atoms with Crippen molar-refractivity contribution < 1.29 is 18.0 Å². The summed E-state index contributed by atoms with van der Waals surface area (Å²) in [6, 6.07) is 7.97. The number of aromatic nitrogens is 1. The van der Waals surface area contributed by atoms with Crippen molar-refractivity contribution in [1.82, 2.24) is 4.98 Å². The van der Waals surface area contributed by atoms with E-state index in [0.717, 1.165) is 43.9 Å². The van der Waals surface area contributed by atoms with Crippen LogP contribution in [-0.4, -0.2) is 36.9 Å². The van der Waals surface area contributed by atoms with Crippen molar-refractivity contribution in [3.05, 3.63) is 53.1 Å². The minimum atomic E-state index is -4.66. The van der Waals surface area contributed by atoms with Gasteiger partial charge in [0.25, 0.3) is 5.91 Å². The maximum atomic E-state index is 13.2. The molecule has 1 aromatic heterocycles. The summed E-state index contributed by atoms with van der Waals surface area (Å²) in [6.07, 6.45) is -0.101. The molecule has 0 unspecified atom stereocenters. The number of nitrogens with one attached hydrogen (secondary N) is 1. The van der Waals surface area contributed by atoms with E-state index >= 15 is 0 Å². The van der Waals surface area contributed by atoms with Crippen molar-refractivity contribution >= 4 is 23.4 Å². The molecule has 1 fully saturated rings. The number of carbonyl (C=O) groups is 1. The predicted molar refractivity (Wildman–Crippen MR) is 111 cm³/mol. The Labute approximate surface area is 173 Å². The molecule has 1 aromatic carbocycles. The normalized spacial score (nSPS) is 15.6. The van der Waals surface area contributed by atoms with Crippen LogP contribution in [0.2, 0.25) is 0 Å². The highest BCUT2D eigenvalue weighted by atomic mass is 19.4. The molecule has 3 N–H and O–H groups in total. The number of carbonyl (C=O) groups excluding carboxylic acids is 1. The topological polar surface area (TPSA) is 83.6 Å². The molecule has 6 nitrogen and oxygen atoms in total. The SMILES string of the molecule is CNc1nc(N2CCCCCC2)ccc1C(N)=NC(=O)c1ccccc1C(F)(F)F. The van der Waals surface area contributed by atoms with Crippen LogP contribution in [0.4, 0.5) is 24.8 Å². The molecule has 1 saturated heterocycles. The van der Waals surface area contributed by atoms with Gasteiger partial charge in [0.05, 0.1) is 16.7 Å². The maximum absolute atomic E-state index is 13.2. The van der Waals surface area contributed by atoms with Crippen molar-refractivity contribution in [2.75, 3.05) is 30.4 Å². The van der Waals surface area contributed by atoms with E-state index in [4.69, 9.17) is 5.73 Å². The molecule has 30 heavy (non-hydrogen) atoms. The number of alkyl halides is 3. The van der Waals surface area contributed by atoms with E-state index in [9.17, 15) is 18.0 Å². The Hall–Kier alpha value is -3.10. The smallest absolute Gasteiger partial charge is 0.383 e. The van der Waals surface area contributed by atoms with Crippen LogP contribution in [0.25, 0.3) is 0 Å². The second-order valence-corrected chi connectivity index (χ2v) is 7.06. The fourth-order valence-electron chi connectivity index (χ4n) is 3.47. The number of hydrogen-bond donors (Lipinski definition) is 2. The molecule has 0 saturated carbocycles. The molecule has 1 amide bonds. The first kappa shape index (κ1) is 21.6. The first-order valence-electron chi connectivity index (χ1n) is 9.80. The lowest BCUT2D eigenvalue weighted by atomic mass is 10.1. The zero-order chi connectivity index (χ0) is 21.7. The Morgan fingerprint density at radius 3 is 2.37 bits per heavy atom. The third kappa shape index (κ3) is 4.90. The Morgan fingerprint density at radius 1 is 1.07 bits per heavy atom. The van der Waals surface area contributed by atoms with Gasteiger partial charge in [0.2, 0.25) is 0 Å². The number of halogens is 3. The van der Waals surface area contributed by atoms with Crippen molar-refractivity contribution in [3.8, 4) is 0 Å². The lowest BCUT2D eigenvalue weighted by Gasteiger charge is -2.22. The van der Waals surface area contributed by atoms with Gasteiger partial charge in [-0.1, -0.05) is 25.0 Å². The number of anilines is 2. The molecule has 1 aliphatic rings. The summed E-state index contributed by atoms with van der Waals surface area (Å²) in [7, 11) is 1.66. The number of aliphatic imine (C=N–C) groups is 1. The van der Waals surface area contributed by atoms with Crippen LogP contribution in [0.15, 0.2) is 41.4 Å². The summed E-state index contributed by atoms with van der Waals surface area (Å²) in [5, 5.41) is 2.93. The lowest BCUT2D eigenvalue weighted by molar-refractivity contribution is -0.137. The summed E-state index contributed by atoms with van der Waals surface area (Å²) in [5.74, 6) is -0.0586. The average molecular weight is 419 g/mol. The highest BCUT2D eigenvalue weighted by Gasteiger charge is 2.34. The van der Waals surface area contributed by atoms with Gasteiger partial charge in [-0.25, -0.2) is 4.98 Å². The number of hydrogen-bond acceptors (Lipinski definition) is 4. The fraction of sp³-hybridized carbons (Fsp3) is 0.381. The molecule has 0 atom stereocenters. The van der Waals surface area contributed by atoms with Gasteiger partial charge in [0.15, 0.2) is 0 Å². The largest absolute Gasteiger partial charge is 0.417 e. The van der Waals surface area contributed by atoms with Crippen LogP contribution in [0, 0.1) is 0 Å². The molecular weight excluding hydrogens is 395 g/mol. The molecule has 3 rings (SSSR count). The zero-order valence-electron chi connectivity index (χ0n) is 16.7. The van der Waals surface area contributed by atoms with Gasteiger partial charge in [-0.3, -0.25) is 4.79 Å². The van der Waals surface area contributed by atoms with Gasteiger partial charge in [-0.05, 0) is 37.1 Å². The van der Waals surface area contributed by atoms with Gasteiger partial charge in [-0.15, -0.1) is 0 Å². The van der Waals surface area contributed by atoms with E-state index in [-0.39, 0.29) is 5.84 Å². The van der Waals surface area contributed by atoms with Gasteiger partial charge >= 0.3 is 6.18 Å². The highest BCUT2D eigenvalue weighted by molar-refractivity contribution is 6.11. The van der Waals surface area contributed by atoms with E-state index in [1.165, 1.54) is 25.0 Å². The third-order valence-electron chi connectivity index (χ3n) is 5.01. The number of amides is 1. The molecule has 2 aromatic rings. The number of nitrogens with two attached hydrogens (primary N) is 1. The quantitative estimate of drug-likeness (QED) is 0.577. The summed E-state index contributed by atoms with van der Waals surface area (Å²) < 4.78 is 39.5. The molecule has 0 bridgehead atoms. The minimum absolute atomic E-state index is 0.198. The Morgan fingerprint density at radius 2 is 1.73 bits per heavy atom. The first-order valence-corrected chi connectivity index (χ1v) is 9.80. The fourth-order valence-corrected chi connectivity index (χ4v) is 3.47. The standard InChI is InChI=1S/C21H24F3N5O/c1-26-19-15(10-11-17(27-19)29-12-6-2-3-7-13-29)18(25)28-20(30)14-8-4-5-9-16(14)21(22,23)24/h4-5,8-11H,2-3,6-7,12-13H2,1H3,(H,26,27)(H2,25,28,30). The summed E-state index contributed by atoms with van der Waals surface area (Å²) in [6.45, 7) is 1.82. The first-order chi connectivity index (χ1) is 14.3. The molecular formula is C21H24F3N5O. The number of amidine groups is 1. The van der Waals surface area contributed by atoms with E-state index in [1.54, 1.807) is 19.2 Å². The maximum Gasteiger partial charge on any atom is 0.417 e. The Bertz CT molecular complexity index is 934. The second-order valence-electron chi connectivity index (χ2n) is 7.06. The minimum Gasteiger partial charge on any atom is -0.383 e. The Balaban J connectivity index is 1.90. The Kier molecular flexibility index (Phi) is 6.59. The third-order valence-corrected chi connectivity index (χ3v) is 5.01. The number of benzene rings is 1. The van der Waals surface area contributed by atoms with Crippen LogP contribution in [0.1, 0.15) is 47.2 Å². The van der Waals surface area contributed by atoms with E-state index < -0.39 is 23.2 Å². The van der Waals surface area contributed by atoms with Crippen molar-refractivity contribution in [3.63, 3.8) is 0 Å². The van der Waals surface area contributed by atoms with Crippen LogP contribution in [0.5, 0.6) is 0 Å².